The van der Waals surface area contributed by atoms with Gasteiger partial charge in [0.1, 0.15) is 0 Å². The van der Waals surface area contributed by atoms with E-state index in [-0.39, 0.29) is 6.61 Å². The quantitative estimate of drug-likeness (QED) is 0.796. The molecule has 1 aliphatic rings. The third kappa shape index (κ3) is 5.15. The van der Waals surface area contributed by atoms with Crippen LogP contribution in [0.1, 0.15) is 23.3 Å². The molecule has 1 aromatic carbocycles. The number of aliphatic hydroxyl groups excluding tert-OH is 1. The van der Waals surface area contributed by atoms with Gasteiger partial charge in [-0.05, 0) is 42.8 Å². The molecule has 0 radical (unpaired) electrons. The summed E-state index contributed by atoms with van der Waals surface area (Å²) in [5.41, 5.74) is 1.43. The molecular formula is C20H28N2OS. The predicted molar refractivity (Wildman–Crippen MR) is 101 cm³/mol. The number of nitrogens with zero attached hydrogens (tertiary/aromatic N) is 2. The van der Waals surface area contributed by atoms with Crippen LogP contribution in [0.25, 0.3) is 0 Å². The third-order valence-corrected chi connectivity index (χ3v) is 5.73. The zero-order valence-corrected chi connectivity index (χ0v) is 15.1. The number of hydrogen-bond donors (Lipinski definition) is 1. The van der Waals surface area contributed by atoms with Crippen molar-refractivity contribution in [3.63, 3.8) is 0 Å². The lowest BCUT2D eigenvalue weighted by Gasteiger charge is -2.41. The Balaban J connectivity index is 1.47. The molecule has 1 aromatic heterocycles. The van der Waals surface area contributed by atoms with Crippen molar-refractivity contribution in [1.82, 2.24) is 9.80 Å². The van der Waals surface area contributed by atoms with E-state index >= 15 is 0 Å². The van der Waals surface area contributed by atoms with Gasteiger partial charge in [-0.3, -0.25) is 4.90 Å². The van der Waals surface area contributed by atoms with Crippen LogP contribution in [0.4, 0.5) is 0 Å². The first kappa shape index (κ1) is 17.6. The maximum atomic E-state index is 9.43. The molecule has 130 valence electrons. The fourth-order valence-corrected chi connectivity index (χ4v) is 4.27. The number of piperazine rings is 1. The second-order valence-corrected chi connectivity index (χ2v) is 7.64. The summed E-state index contributed by atoms with van der Waals surface area (Å²) < 4.78 is 0. The summed E-state index contributed by atoms with van der Waals surface area (Å²) in [6.45, 7) is 5.80. The van der Waals surface area contributed by atoms with Crippen molar-refractivity contribution in [2.24, 2.45) is 0 Å². The van der Waals surface area contributed by atoms with Gasteiger partial charge in [-0.2, -0.15) is 0 Å². The number of rotatable bonds is 8. The van der Waals surface area contributed by atoms with E-state index in [1.807, 2.05) is 11.3 Å². The normalized spacial score (nSPS) is 19.6. The SMILES string of the molecule is OCC[C@@H]1CN(CCCc2ccccc2)CCN1Cc1cccs1. The molecule has 1 atom stereocenters. The summed E-state index contributed by atoms with van der Waals surface area (Å²) in [5, 5.41) is 11.6. The fraction of sp³-hybridized carbons (Fsp3) is 0.500. The van der Waals surface area contributed by atoms with E-state index in [4.69, 9.17) is 0 Å². The van der Waals surface area contributed by atoms with Crippen LogP contribution in [-0.2, 0) is 13.0 Å². The van der Waals surface area contributed by atoms with Crippen LogP contribution < -0.4 is 0 Å². The molecule has 3 nitrogen and oxygen atoms in total. The summed E-state index contributed by atoms with van der Waals surface area (Å²) in [6.07, 6.45) is 3.24. The molecule has 2 aromatic rings. The van der Waals surface area contributed by atoms with Crippen LogP contribution in [0.15, 0.2) is 47.8 Å². The highest BCUT2D eigenvalue weighted by Crippen LogP contribution is 2.19. The van der Waals surface area contributed by atoms with Crippen LogP contribution in [0.2, 0.25) is 0 Å². The van der Waals surface area contributed by atoms with E-state index in [0.717, 1.165) is 45.6 Å². The second kappa shape index (κ2) is 9.33. The van der Waals surface area contributed by atoms with Gasteiger partial charge in [0.25, 0.3) is 0 Å². The molecule has 0 saturated carbocycles. The molecule has 1 saturated heterocycles. The van der Waals surface area contributed by atoms with E-state index in [0.29, 0.717) is 6.04 Å². The Bertz CT molecular complexity index is 573. The summed E-state index contributed by atoms with van der Waals surface area (Å²) in [5.74, 6) is 0. The van der Waals surface area contributed by atoms with Crippen LogP contribution in [-0.4, -0.2) is 53.7 Å². The van der Waals surface area contributed by atoms with E-state index in [2.05, 4.69) is 57.6 Å². The molecule has 0 spiro atoms. The maximum absolute atomic E-state index is 9.43. The molecule has 2 heterocycles. The Morgan fingerprint density at radius 1 is 1.08 bits per heavy atom. The molecule has 0 aliphatic carbocycles. The number of thiophene rings is 1. The van der Waals surface area contributed by atoms with Crippen LogP contribution in [0.5, 0.6) is 0 Å². The fourth-order valence-electron chi connectivity index (χ4n) is 3.55. The van der Waals surface area contributed by atoms with Crippen LogP contribution in [0, 0.1) is 0 Å². The smallest absolute Gasteiger partial charge is 0.0446 e. The minimum absolute atomic E-state index is 0.281. The van der Waals surface area contributed by atoms with Crippen LogP contribution in [0.3, 0.4) is 0 Å². The molecule has 24 heavy (non-hydrogen) atoms. The summed E-state index contributed by atoms with van der Waals surface area (Å²) >= 11 is 1.83. The molecular weight excluding hydrogens is 316 g/mol. The lowest BCUT2D eigenvalue weighted by atomic mass is 10.1. The first-order valence-electron chi connectivity index (χ1n) is 8.99. The van der Waals surface area contributed by atoms with Crippen molar-refractivity contribution in [3.05, 3.63) is 58.3 Å². The summed E-state index contributed by atoms with van der Waals surface area (Å²) in [4.78, 5) is 6.56. The van der Waals surface area contributed by atoms with Crippen molar-refractivity contribution in [3.8, 4) is 0 Å². The minimum Gasteiger partial charge on any atom is -0.396 e. The minimum atomic E-state index is 0.281. The van der Waals surface area contributed by atoms with Gasteiger partial charge >= 0.3 is 0 Å². The van der Waals surface area contributed by atoms with Crippen molar-refractivity contribution < 1.29 is 5.11 Å². The van der Waals surface area contributed by atoms with E-state index in [9.17, 15) is 5.11 Å². The van der Waals surface area contributed by atoms with Gasteiger partial charge < -0.3 is 10.0 Å². The molecule has 0 amide bonds. The number of aliphatic hydroxyl groups is 1. The lowest BCUT2D eigenvalue weighted by Crippen LogP contribution is -2.53. The van der Waals surface area contributed by atoms with Crippen molar-refractivity contribution in [2.45, 2.75) is 31.8 Å². The predicted octanol–water partition coefficient (Wildman–Crippen LogP) is 3.25. The Kier molecular flexibility index (Phi) is 6.85. The largest absolute Gasteiger partial charge is 0.396 e. The van der Waals surface area contributed by atoms with E-state index in [1.54, 1.807) is 0 Å². The highest BCUT2D eigenvalue weighted by molar-refractivity contribution is 7.09. The Labute approximate surface area is 149 Å². The van der Waals surface area contributed by atoms with Gasteiger partial charge in [0.15, 0.2) is 0 Å². The number of benzene rings is 1. The molecule has 0 unspecified atom stereocenters. The Morgan fingerprint density at radius 2 is 1.96 bits per heavy atom. The highest BCUT2D eigenvalue weighted by Gasteiger charge is 2.26. The number of hydrogen-bond acceptors (Lipinski definition) is 4. The van der Waals surface area contributed by atoms with Gasteiger partial charge in [-0.15, -0.1) is 11.3 Å². The van der Waals surface area contributed by atoms with Gasteiger partial charge in [0.2, 0.25) is 0 Å². The maximum Gasteiger partial charge on any atom is 0.0446 e. The van der Waals surface area contributed by atoms with Gasteiger partial charge in [0, 0.05) is 43.7 Å². The Hall–Kier alpha value is -1.20. The first-order chi connectivity index (χ1) is 11.8. The summed E-state index contributed by atoms with van der Waals surface area (Å²) in [7, 11) is 0. The van der Waals surface area contributed by atoms with E-state index < -0.39 is 0 Å². The van der Waals surface area contributed by atoms with Gasteiger partial charge in [-0.25, -0.2) is 0 Å². The average Bonchev–Trinajstić information content (AvgIpc) is 3.11. The van der Waals surface area contributed by atoms with Crippen molar-refractivity contribution in [1.29, 1.82) is 0 Å². The van der Waals surface area contributed by atoms with E-state index in [1.165, 1.54) is 16.9 Å². The van der Waals surface area contributed by atoms with Gasteiger partial charge in [-0.1, -0.05) is 36.4 Å². The van der Waals surface area contributed by atoms with Gasteiger partial charge in [0.05, 0.1) is 0 Å². The first-order valence-corrected chi connectivity index (χ1v) is 9.86. The molecule has 1 fully saturated rings. The monoisotopic (exact) mass is 344 g/mol. The highest BCUT2D eigenvalue weighted by atomic mass is 32.1. The van der Waals surface area contributed by atoms with Crippen molar-refractivity contribution in [2.75, 3.05) is 32.8 Å². The summed E-state index contributed by atoms with van der Waals surface area (Å²) in [6, 6.07) is 15.6. The molecule has 1 aliphatic heterocycles. The average molecular weight is 345 g/mol. The lowest BCUT2D eigenvalue weighted by molar-refractivity contribution is 0.0540. The molecule has 1 N–H and O–H groups in total. The van der Waals surface area contributed by atoms with Crippen LogP contribution >= 0.6 is 11.3 Å². The molecule has 0 bridgehead atoms. The number of aryl methyl sites for hydroxylation is 1. The standard InChI is InChI=1S/C20H28N2OS/c23-14-10-19-16-21(11-4-8-18-6-2-1-3-7-18)12-13-22(19)17-20-9-5-15-24-20/h1-3,5-7,9,15,19,23H,4,8,10-14,16-17H2/t19-/m1/s1. The van der Waals surface area contributed by atoms with Crippen molar-refractivity contribution >= 4 is 11.3 Å². The molecule has 3 rings (SSSR count). The zero-order valence-electron chi connectivity index (χ0n) is 14.3. The second-order valence-electron chi connectivity index (χ2n) is 6.61. The molecule has 4 heteroatoms. The third-order valence-electron chi connectivity index (χ3n) is 4.87. The topological polar surface area (TPSA) is 26.7 Å². The zero-order chi connectivity index (χ0) is 16.6. The Morgan fingerprint density at radius 3 is 2.71 bits per heavy atom.